The standard InChI is InChI=1S/C14H30O/c1-4-5-6-7-9-13(2)10-8-11-14(3)12-15/h13-15H,4-12H2,1-3H3/t13-,14-/m0/s1. The van der Waals surface area contributed by atoms with Crippen molar-refractivity contribution in [3.63, 3.8) is 0 Å². The van der Waals surface area contributed by atoms with E-state index in [-0.39, 0.29) is 0 Å². The van der Waals surface area contributed by atoms with Gasteiger partial charge in [-0.2, -0.15) is 0 Å². The first-order chi connectivity index (χ1) is 7.20. The highest BCUT2D eigenvalue weighted by Gasteiger charge is 2.04. The van der Waals surface area contributed by atoms with Gasteiger partial charge in [0.1, 0.15) is 0 Å². The Balaban J connectivity index is 3.21. The Hall–Kier alpha value is -0.0400. The van der Waals surface area contributed by atoms with Crippen molar-refractivity contribution in [3.8, 4) is 0 Å². The maximum atomic E-state index is 8.90. The van der Waals surface area contributed by atoms with E-state index in [1.54, 1.807) is 0 Å². The van der Waals surface area contributed by atoms with Crippen LogP contribution >= 0.6 is 0 Å². The molecule has 1 heteroatoms. The maximum Gasteiger partial charge on any atom is 0.0456 e. The molecule has 0 saturated heterocycles. The summed E-state index contributed by atoms with van der Waals surface area (Å²) in [6, 6.07) is 0. The van der Waals surface area contributed by atoms with Crippen molar-refractivity contribution in [2.24, 2.45) is 11.8 Å². The lowest BCUT2D eigenvalue weighted by atomic mass is 9.95. The van der Waals surface area contributed by atoms with Crippen LogP contribution in [0.3, 0.4) is 0 Å². The Morgan fingerprint density at radius 3 is 2.00 bits per heavy atom. The predicted molar refractivity (Wildman–Crippen MR) is 68.0 cm³/mol. The smallest absolute Gasteiger partial charge is 0.0456 e. The van der Waals surface area contributed by atoms with Crippen molar-refractivity contribution in [2.45, 2.75) is 72.1 Å². The third-order valence-electron chi connectivity index (χ3n) is 3.26. The highest BCUT2D eigenvalue weighted by atomic mass is 16.3. The molecule has 0 saturated carbocycles. The monoisotopic (exact) mass is 214 g/mol. The zero-order chi connectivity index (χ0) is 11.5. The van der Waals surface area contributed by atoms with E-state index in [1.807, 2.05) is 0 Å². The fraction of sp³-hybridized carbons (Fsp3) is 1.00. The molecule has 0 radical (unpaired) electrons. The van der Waals surface area contributed by atoms with E-state index in [1.165, 1.54) is 51.4 Å². The number of aliphatic hydroxyl groups is 1. The minimum atomic E-state index is 0.352. The first-order valence-corrected chi connectivity index (χ1v) is 6.81. The van der Waals surface area contributed by atoms with Crippen LogP contribution in [-0.2, 0) is 0 Å². The first kappa shape index (κ1) is 15.0. The second kappa shape index (κ2) is 10.5. The largest absolute Gasteiger partial charge is 0.396 e. The molecule has 0 aromatic rings. The highest BCUT2D eigenvalue weighted by molar-refractivity contribution is 4.57. The van der Waals surface area contributed by atoms with Crippen LogP contribution in [0.1, 0.15) is 72.1 Å². The molecule has 0 spiro atoms. The van der Waals surface area contributed by atoms with Gasteiger partial charge in [-0.25, -0.2) is 0 Å². The van der Waals surface area contributed by atoms with E-state index >= 15 is 0 Å². The lowest BCUT2D eigenvalue weighted by Gasteiger charge is -2.12. The molecule has 0 aliphatic carbocycles. The zero-order valence-electron chi connectivity index (χ0n) is 11.0. The third-order valence-corrected chi connectivity index (χ3v) is 3.26. The maximum absolute atomic E-state index is 8.90. The summed E-state index contributed by atoms with van der Waals surface area (Å²) < 4.78 is 0. The fourth-order valence-electron chi connectivity index (χ4n) is 1.97. The number of rotatable bonds is 10. The SMILES string of the molecule is CCCCCC[C@H](C)CCC[C@H](C)CO. The summed E-state index contributed by atoms with van der Waals surface area (Å²) >= 11 is 0. The van der Waals surface area contributed by atoms with Crippen molar-refractivity contribution in [1.82, 2.24) is 0 Å². The molecule has 0 aliphatic rings. The second-order valence-corrected chi connectivity index (χ2v) is 5.17. The molecule has 0 unspecified atom stereocenters. The van der Waals surface area contributed by atoms with Gasteiger partial charge in [0.05, 0.1) is 0 Å². The van der Waals surface area contributed by atoms with Gasteiger partial charge < -0.3 is 5.11 Å². The van der Waals surface area contributed by atoms with E-state index in [9.17, 15) is 0 Å². The van der Waals surface area contributed by atoms with Gasteiger partial charge in [0, 0.05) is 6.61 Å². The van der Waals surface area contributed by atoms with Crippen LogP contribution in [0.4, 0.5) is 0 Å². The summed E-state index contributed by atoms with van der Waals surface area (Å²) in [5.74, 6) is 1.38. The molecule has 92 valence electrons. The fourth-order valence-corrected chi connectivity index (χ4v) is 1.97. The molecular weight excluding hydrogens is 184 g/mol. The van der Waals surface area contributed by atoms with Crippen LogP contribution in [0.2, 0.25) is 0 Å². The Labute approximate surface area is 96.3 Å². The molecule has 2 atom stereocenters. The predicted octanol–water partition coefficient (Wildman–Crippen LogP) is 4.39. The molecule has 0 aromatic carbocycles. The van der Waals surface area contributed by atoms with Crippen LogP contribution in [0.25, 0.3) is 0 Å². The Morgan fingerprint density at radius 1 is 0.800 bits per heavy atom. The lowest BCUT2D eigenvalue weighted by Crippen LogP contribution is -2.02. The summed E-state index contributed by atoms with van der Waals surface area (Å²) in [6.07, 6.45) is 10.8. The normalized spacial score (nSPS) is 15.2. The summed E-state index contributed by atoms with van der Waals surface area (Å²) in [4.78, 5) is 0. The molecule has 0 bridgehead atoms. The Morgan fingerprint density at radius 2 is 1.40 bits per heavy atom. The topological polar surface area (TPSA) is 20.2 Å². The van der Waals surface area contributed by atoms with Gasteiger partial charge in [-0.15, -0.1) is 0 Å². The van der Waals surface area contributed by atoms with E-state index in [0.717, 1.165) is 5.92 Å². The number of hydrogen-bond donors (Lipinski definition) is 1. The second-order valence-electron chi connectivity index (χ2n) is 5.17. The average Bonchev–Trinajstić information content (AvgIpc) is 2.24. The quantitative estimate of drug-likeness (QED) is 0.535. The number of hydrogen-bond acceptors (Lipinski definition) is 1. The molecule has 0 aromatic heterocycles. The van der Waals surface area contributed by atoms with E-state index in [2.05, 4.69) is 20.8 Å². The number of unbranched alkanes of at least 4 members (excludes halogenated alkanes) is 3. The minimum absolute atomic E-state index is 0.352. The van der Waals surface area contributed by atoms with Crippen molar-refractivity contribution >= 4 is 0 Å². The van der Waals surface area contributed by atoms with Gasteiger partial charge in [-0.3, -0.25) is 0 Å². The van der Waals surface area contributed by atoms with Crippen molar-refractivity contribution in [2.75, 3.05) is 6.61 Å². The van der Waals surface area contributed by atoms with Crippen molar-refractivity contribution < 1.29 is 5.11 Å². The van der Waals surface area contributed by atoms with Gasteiger partial charge in [-0.1, -0.05) is 65.7 Å². The number of aliphatic hydroxyl groups excluding tert-OH is 1. The summed E-state index contributed by atoms with van der Waals surface area (Å²) in [5.41, 5.74) is 0. The molecule has 1 N–H and O–H groups in total. The highest BCUT2D eigenvalue weighted by Crippen LogP contribution is 2.18. The van der Waals surface area contributed by atoms with Crippen molar-refractivity contribution in [3.05, 3.63) is 0 Å². The van der Waals surface area contributed by atoms with Gasteiger partial charge >= 0.3 is 0 Å². The van der Waals surface area contributed by atoms with Crippen LogP contribution in [0.15, 0.2) is 0 Å². The van der Waals surface area contributed by atoms with Gasteiger partial charge in [0.15, 0.2) is 0 Å². The molecule has 1 nitrogen and oxygen atoms in total. The van der Waals surface area contributed by atoms with Crippen LogP contribution in [-0.4, -0.2) is 11.7 Å². The summed E-state index contributed by atoms with van der Waals surface area (Å²) in [6.45, 7) is 7.12. The molecule has 0 fully saturated rings. The summed E-state index contributed by atoms with van der Waals surface area (Å²) in [5, 5.41) is 8.90. The molecule has 0 rings (SSSR count). The van der Waals surface area contributed by atoms with Crippen molar-refractivity contribution in [1.29, 1.82) is 0 Å². The molecule has 0 aliphatic heterocycles. The van der Waals surface area contributed by atoms with Gasteiger partial charge in [0.25, 0.3) is 0 Å². The zero-order valence-corrected chi connectivity index (χ0v) is 11.0. The van der Waals surface area contributed by atoms with E-state index < -0.39 is 0 Å². The molecule has 15 heavy (non-hydrogen) atoms. The third kappa shape index (κ3) is 10.2. The molecular formula is C14H30O. The van der Waals surface area contributed by atoms with Gasteiger partial charge in [-0.05, 0) is 18.3 Å². The average molecular weight is 214 g/mol. The Kier molecular flexibility index (Phi) is 10.4. The van der Waals surface area contributed by atoms with Gasteiger partial charge in [0.2, 0.25) is 0 Å². The lowest BCUT2D eigenvalue weighted by molar-refractivity contribution is 0.225. The minimum Gasteiger partial charge on any atom is -0.396 e. The molecule has 0 heterocycles. The summed E-state index contributed by atoms with van der Waals surface area (Å²) in [7, 11) is 0. The van der Waals surface area contributed by atoms with Crippen LogP contribution in [0, 0.1) is 11.8 Å². The van der Waals surface area contributed by atoms with Crippen LogP contribution in [0.5, 0.6) is 0 Å². The Bertz CT molecular complexity index is 123. The van der Waals surface area contributed by atoms with Crippen LogP contribution < -0.4 is 0 Å². The first-order valence-electron chi connectivity index (χ1n) is 6.81. The van der Waals surface area contributed by atoms with E-state index in [4.69, 9.17) is 5.11 Å². The molecule has 0 amide bonds. The van der Waals surface area contributed by atoms with E-state index in [0.29, 0.717) is 12.5 Å².